The summed E-state index contributed by atoms with van der Waals surface area (Å²) in [5.41, 5.74) is 1.77. The lowest BCUT2D eigenvalue weighted by atomic mass is 10.1. The van der Waals surface area contributed by atoms with E-state index < -0.39 is 12.3 Å². The summed E-state index contributed by atoms with van der Waals surface area (Å²) in [5.74, 6) is -0.612. The van der Waals surface area contributed by atoms with Gasteiger partial charge in [0.15, 0.2) is 6.29 Å². The van der Waals surface area contributed by atoms with Crippen molar-refractivity contribution in [1.82, 2.24) is 4.57 Å². The molecule has 0 atom stereocenters. The summed E-state index contributed by atoms with van der Waals surface area (Å²) >= 11 is 3.39. The number of ether oxygens (including phenoxy) is 1. The van der Waals surface area contributed by atoms with Crippen molar-refractivity contribution in [3.8, 4) is 5.75 Å². The number of aryl methyl sites for hydroxylation is 1. The van der Waals surface area contributed by atoms with Crippen LogP contribution in [0.4, 0.5) is 0 Å². The Hall–Kier alpha value is -1.57. The second-order valence-electron chi connectivity index (χ2n) is 5.36. The summed E-state index contributed by atoms with van der Waals surface area (Å²) in [7, 11) is 0. The Balaban J connectivity index is 2.59. The molecule has 1 aromatic carbocycles. The summed E-state index contributed by atoms with van der Waals surface area (Å²) in [5, 5.41) is 28.0. The number of benzene rings is 1. The van der Waals surface area contributed by atoms with E-state index in [4.69, 9.17) is 14.9 Å². The fourth-order valence-corrected chi connectivity index (χ4v) is 3.07. The minimum Gasteiger partial charge on any atom is -0.487 e. The Bertz CT molecular complexity index is 723. The van der Waals surface area contributed by atoms with E-state index in [1.807, 2.05) is 10.6 Å². The van der Waals surface area contributed by atoms with Crippen LogP contribution < -0.4 is 4.74 Å². The molecule has 3 N–H and O–H groups in total. The topological polar surface area (TPSA) is 91.9 Å². The number of aliphatic hydroxyl groups is 2. The number of hydrogen-bond acceptors (Lipinski definition) is 4. The first-order valence-electron chi connectivity index (χ1n) is 7.41. The smallest absolute Gasteiger partial charge is 0.338 e. The molecule has 2 rings (SSSR count). The highest BCUT2D eigenvalue weighted by Gasteiger charge is 2.21. The molecule has 1 aromatic heterocycles. The molecule has 126 valence electrons. The van der Waals surface area contributed by atoms with E-state index in [1.165, 1.54) is 0 Å². The van der Waals surface area contributed by atoms with Crippen LogP contribution in [-0.2, 0) is 6.54 Å². The third-order valence-electron chi connectivity index (χ3n) is 3.71. The second kappa shape index (κ2) is 7.33. The van der Waals surface area contributed by atoms with Gasteiger partial charge in [-0.25, -0.2) is 4.79 Å². The number of carbonyl (C=O) groups is 1. The Morgan fingerprint density at radius 3 is 2.65 bits per heavy atom. The number of halogens is 1. The molecule has 2 aromatic rings. The van der Waals surface area contributed by atoms with Crippen LogP contribution in [0.1, 0.15) is 35.8 Å². The zero-order chi connectivity index (χ0) is 17.1. The van der Waals surface area contributed by atoms with E-state index in [2.05, 4.69) is 22.9 Å². The van der Waals surface area contributed by atoms with Gasteiger partial charge in [-0.05, 0) is 41.4 Å². The Kier molecular flexibility index (Phi) is 5.67. The Labute approximate surface area is 142 Å². The highest BCUT2D eigenvalue weighted by atomic mass is 79.9. The number of hydrogen-bond donors (Lipinski definition) is 3. The predicted octanol–water partition coefficient (Wildman–Crippen LogP) is 2.90. The highest BCUT2D eigenvalue weighted by Crippen LogP contribution is 2.35. The molecule has 7 heteroatoms. The minimum absolute atomic E-state index is 0.248. The van der Waals surface area contributed by atoms with Gasteiger partial charge in [0.2, 0.25) is 0 Å². The molecule has 6 nitrogen and oxygen atoms in total. The molecule has 0 aliphatic carbocycles. The molecule has 0 fully saturated rings. The number of aliphatic hydroxyl groups excluding tert-OH is 1. The second-order valence-corrected chi connectivity index (χ2v) is 6.22. The molecule has 0 unspecified atom stereocenters. The molecule has 0 radical (unpaired) electrons. The molecular weight excluding hydrogens is 366 g/mol. The first kappa shape index (κ1) is 17.8. The van der Waals surface area contributed by atoms with Crippen LogP contribution in [0, 0.1) is 6.92 Å². The van der Waals surface area contributed by atoms with Crippen molar-refractivity contribution in [2.45, 2.75) is 39.5 Å². The van der Waals surface area contributed by atoms with E-state index in [1.54, 1.807) is 13.0 Å². The summed E-state index contributed by atoms with van der Waals surface area (Å²) in [6.07, 6.45) is 0.376. The predicted molar refractivity (Wildman–Crippen MR) is 90.0 cm³/mol. The van der Waals surface area contributed by atoms with Gasteiger partial charge in [-0.1, -0.05) is 13.3 Å². The van der Waals surface area contributed by atoms with Gasteiger partial charge >= 0.3 is 5.97 Å². The molecule has 0 spiro atoms. The molecule has 0 saturated heterocycles. The summed E-state index contributed by atoms with van der Waals surface area (Å²) in [4.78, 5) is 11.6. The van der Waals surface area contributed by atoms with Gasteiger partial charge in [-0.3, -0.25) is 0 Å². The normalized spacial score (nSPS) is 11.4. The van der Waals surface area contributed by atoms with Crippen molar-refractivity contribution in [2.75, 3.05) is 6.61 Å². The number of rotatable bonds is 7. The zero-order valence-corrected chi connectivity index (χ0v) is 14.6. The SMILES string of the molecule is CCCCn1c(C)c(C(=O)O)c2cc(OCC(O)O)c(Br)cc21. The lowest BCUT2D eigenvalue weighted by molar-refractivity contribution is -0.0681. The number of nitrogens with zero attached hydrogens (tertiary/aromatic N) is 1. The molecule has 0 aliphatic rings. The molecule has 0 aliphatic heterocycles. The van der Waals surface area contributed by atoms with Crippen molar-refractivity contribution in [2.24, 2.45) is 0 Å². The van der Waals surface area contributed by atoms with Crippen LogP contribution in [0.2, 0.25) is 0 Å². The van der Waals surface area contributed by atoms with Crippen molar-refractivity contribution in [3.63, 3.8) is 0 Å². The lowest BCUT2D eigenvalue weighted by Gasteiger charge is -2.11. The third-order valence-corrected chi connectivity index (χ3v) is 4.33. The number of aromatic carboxylic acids is 1. The minimum atomic E-state index is -1.59. The van der Waals surface area contributed by atoms with Gasteiger partial charge in [0.1, 0.15) is 12.4 Å². The van der Waals surface area contributed by atoms with Crippen molar-refractivity contribution in [3.05, 3.63) is 27.9 Å². The number of carboxylic acids is 1. The van der Waals surface area contributed by atoms with E-state index >= 15 is 0 Å². The number of fused-ring (bicyclic) bond motifs is 1. The molecule has 23 heavy (non-hydrogen) atoms. The molecule has 0 bridgehead atoms. The number of unbranched alkanes of at least 4 members (excludes halogenated alkanes) is 1. The van der Waals surface area contributed by atoms with Gasteiger partial charge in [0.05, 0.1) is 15.6 Å². The lowest BCUT2D eigenvalue weighted by Crippen LogP contribution is -2.16. The first-order chi connectivity index (χ1) is 10.9. The monoisotopic (exact) mass is 385 g/mol. The van der Waals surface area contributed by atoms with Crippen molar-refractivity contribution in [1.29, 1.82) is 0 Å². The van der Waals surface area contributed by atoms with Crippen molar-refractivity contribution < 1.29 is 24.9 Å². The van der Waals surface area contributed by atoms with Gasteiger partial charge in [-0.15, -0.1) is 0 Å². The summed E-state index contributed by atoms with van der Waals surface area (Å²) in [6.45, 7) is 4.34. The standard InChI is InChI=1S/C16H20BrNO5/c1-3-4-5-18-9(2)15(16(21)22)10-6-13(23-8-14(19)20)11(17)7-12(10)18/h6-7,14,19-20H,3-5,8H2,1-2H3,(H,21,22). The Morgan fingerprint density at radius 2 is 2.09 bits per heavy atom. The van der Waals surface area contributed by atoms with Gasteiger partial charge in [0.25, 0.3) is 0 Å². The van der Waals surface area contributed by atoms with Crippen LogP contribution in [0.3, 0.4) is 0 Å². The largest absolute Gasteiger partial charge is 0.487 e. The summed E-state index contributed by atoms with van der Waals surface area (Å²) in [6, 6.07) is 3.43. The Morgan fingerprint density at radius 1 is 1.39 bits per heavy atom. The fourth-order valence-electron chi connectivity index (χ4n) is 2.63. The maximum atomic E-state index is 11.6. The molecule has 0 saturated carbocycles. The summed E-state index contributed by atoms with van der Waals surface area (Å²) < 4.78 is 7.96. The van der Waals surface area contributed by atoms with Crippen molar-refractivity contribution >= 4 is 32.8 Å². The first-order valence-corrected chi connectivity index (χ1v) is 8.20. The van der Waals surface area contributed by atoms with Gasteiger partial charge in [-0.2, -0.15) is 0 Å². The number of aromatic nitrogens is 1. The third kappa shape index (κ3) is 3.68. The van der Waals surface area contributed by atoms with Crippen LogP contribution in [-0.4, -0.2) is 38.8 Å². The molecular formula is C16H20BrNO5. The van der Waals surface area contributed by atoms with E-state index in [-0.39, 0.29) is 12.2 Å². The molecule has 1 heterocycles. The average molecular weight is 386 g/mol. The van der Waals surface area contributed by atoms with Crippen LogP contribution in [0.5, 0.6) is 5.75 Å². The fraction of sp³-hybridized carbons (Fsp3) is 0.438. The quantitative estimate of drug-likeness (QED) is 0.637. The number of carboxylic acid groups (broad SMARTS) is 1. The van der Waals surface area contributed by atoms with Crippen LogP contribution in [0.25, 0.3) is 10.9 Å². The maximum Gasteiger partial charge on any atom is 0.338 e. The van der Waals surface area contributed by atoms with Crippen LogP contribution in [0.15, 0.2) is 16.6 Å². The van der Waals surface area contributed by atoms with E-state index in [0.29, 0.717) is 21.3 Å². The average Bonchev–Trinajstić information content (AvgIpc) is 2.73. The zero-order valence-electron chi connectivity index (χ0n) is 13.0. The maximum absolute atomic E-state index is 11.6. The van der Waals surface area contributed by atoms with E-state index in [9.17, 15) is 9.90 Å². The highest BCUT2D eigenvalue weighted by molar-refractivity contribution is 9.10. The molecule has 0 amide bonds. The van der Waals surface area contributed by atoms with Gasteiger partial charge < -0.3 is 24.6 Å². The van der Waals surface area contributed by atoms with Gasteiger partial charge in [0, 0.05) is 17.6 Å². The van der Waals surface area contributed by atoms with E-state index in [0.717, 1.165) is 24.9 Å². The van der Waals surface area contributed by atoms with Crippen LogP contribution >= 0.6 is 15.9 Å².